The zero-order valence-corrected chi connectivity index (χ0v) is 11.0. The number of pyridine rings is 1. The average molecular weight is 311 g/mol. The van der Waals surface area contributed by atoms with E-state index in [-0.39, 0.29) is 5.82 Å². The Morgan fingerprint density at radius 1 is 1.28 bits per heavy atom. The molecule has 94 valence electrons. The van der Waals surface area contributed by atoms with Crippen molar-refractivity contribution in [2.75, 3.05) is 5.73 Å². The normalized spacial score (nSPS) is 12.4. The van der Waals surface area contributed by atoms with Gasteiger partial charge in [0.2, 0.25) is 0 Å². The van der Waals surface area contributed by atoms with E-state index in [2.05, 4.69) is 26.3 Å². The second-order valence-electron chi connectivity index (χ2n) is 3.77. The molecule has 0 amide bonds. The fourth-order valence-corrected chi connectivity index (χ4v) is 2.12. The van der Waals surface area contributed by atoms with Crippen molar-refractivity contribution in [2.45, 2.75) is 6.04 Å². The van der Waals surface area contributed by atoms with Crippen molar-refractivity contribution < 1.29 is 4.39 Å². The number of rotatable bonds is 3. The van der Waals surface area contributed by atoms with Gasteiger partial charge in [-0.1, -0.05) is 15.9 Å². The predicted octanol–water partition coefficient (Wildman–Crippen LogP) is 2.12. The molecule has 0 saturated heterocycles. The van der Waals surface area contributed by atoms with Gasteiger partial charge in [0.15, 0.2) is 0 Å². The van der Waals surface area contributed by atoms with Crippen molar-refractivity contribution >= 4 is 21.6 Å². The van der Waals surface area contributed by atoms with Crippen LogP contribution >= 0.6 is 15.9 Å². The van der Waals surface area contributed by atoms with Crippen LogP contribution in [0.15, 0.2) is 41.1 Å². The number of nitrogens with one attached hydrogen (secondary N) is 1. The molecular weight excluding hydrogens is 299 g/mol. The van der Waals surface area contributed by atoms with Gasteiger partial charge in [0.05, 0.1) is 6.04 Å². The highest BCUT2D eigenvalue weighted by Crippen LogP contribution is 2.29. The summed E-state index contributed by atoms with van der Waals surface area (Å²) in [6.45, 7) is 0. The van der Waals surface area contributed by atoms with E-state index < -0.39 is 6.04 Å². The van der Waals surface area contributed by atoms with Gasteiger partial charge >= 0.3 is 0 Å². The van der Waals surface area contributed by atoms with Gasteiger partial charge in [-0.15, -0.1) is 0 Å². The molecule has 1 heterocycles. The Bertz CT molecular complexity index is 562. The molecule has 6 heteroatoms. The van der Waals surface area contributed by atoms with Gasteiger partial charge in [-0.3, -0.25) is 10.8 Å². The number of anilines is 1. The van der Waals surface area contributed by atoms with Crippen LogP contribution in [-0.4, -0.2) is 4.98 Å². The predicted molar refractivity (Wildman–Crippen MR) is 71.9 cm³/mol. The van der Waals surface area contributed by atoms with Crippen LogP contribution in [0.25, 0.3) is 0 Å². The first-order valence-electron chi connectivity index (χ1n) is 5.24. The molecule has 1 aromatic carbocycles. The molecule has 2 aromatic rings. The third-order valence-corrected chi connectivity index (χ3v) is 3.13. The standard InChI is InChI=1S/C12H12BrFN4/c13-7-1-2-10(14)8(5-7)12(18-16)9-6-17-4-3-11(9)15/h1-6,12,18H,16H2,(H2,15,17). The Labute approximate surface area is 112 Å². The molecule has 1 aromatic heterocycles. The number of hydrogen-bond donors (Lipinski definition) is 3. The number of benzene rings is 1. The Morgan fingerprint density at radius 3 is 2.72 bits per heavy atom. The number of aromatic nitrogens is 1. The van der Waals surface area contributed by atoms with Gasteiger partial charge in [0, 0.05) is 33.7 Å². The molecule has 1 unspecified atom stereocenters. The lowest BCUT2D eigenvalue weighted by atomic mass is 9.99. The molecule has 4 nitrogen and oxygen atoms in total. The fraction of sp³-hybridized carbons (Fsp3) is 0.0833. The van der Waals surface area contributed by atoms with Crippen molar-refractivity contribution in [1.82, 2.24) is 10.4 Å². The van der Waals surface area contributed by atoms with Crippen molar-refractivity contribution in [2.24, 2.45) is 5.84 Å². The van der Waals surface area contributed by atoms with Crippen LogP contribution in [0.4, 0.5) is 10.1 Å². The molecule has 0 saturated carbocycles. The minimum absolute atomic E-state index is 0.357. The van der Waals surface area contributed by atoms with Crippen LogP contribution in [0.1, 0.15) is 17.2 Å². The first kappa shape index (κ1) is 12.9. The SMILES string of the molecule is NNC(c1cnccc1N)c1cc(Br)ccc1F. The molecular formula is C12H12BrFN4. The largest absolute Gasteiger partial charge is 0.398 e. The lowest BCUT2D eigenvalue weighted by Gasteiger charge is -2.19. The molecule has 18 heavy (non-hydrogen) atoms. The summed E-state index contributed by atoms with van der Waals surface area (Å²) in [5.41, 5.74) is 9.97. The number of hydrazine groups is 1. The van der Waals surface area contributed by atoms with Crippen molar-refractivity contribution in [3.63, 3.8) is 0 Å². The van der Waals surface area contributed by atoms with Crippen LogP contribution < -0.4 is 17.0 Å². The smallest absolute Gasteiger partial charge is 0.128 e. The van der Waals surface area contributed by atoms with Crippen LogP contribution in [0.5, 0.6) is 0 Å². The second kappa shape index (κ2) is 5.43. The van der Waals surface area contributed by atoms with Gasteiger partial charge in [-0.2, -0.15) is 0 Å². The number of nitrogen functional groups attached to an aromatic ring is 1. The zero-order valence-electron chi connectivity index (χ0n) is 9.40. The summed E-state index contributed by atoms with van der Waals surface area (Å²) in [6.07, 6.45) is 3.14. The first-order chi connectivity index (χ1) is 8.63. The lowest BCUT2D eigenvalue weighted by molar-refractivity contribution is 0.559. The quantitative estimate of drug-likeness (QED) is 0.599. The molecule has 0 aliphatic heterocycles. The van der Waals surface area contributed by atoms with E-state index in [1.165, 1.54) is 6.07 Å². The van der Waals surface area contributed by atoms with Gasteiger partial charge in [0.25, 0.3) is 0 Å². The fourth-order valence-electron chi connectivity index (χ4n) is 1.74. The van der Waals surface area contributed by atoms with Crippen LogP contribution in [0, 0.1) is 5.82 Å². The maximum atomic E-state index is 13.8. The van der Waals surface area contributed by atoms with Crippen LogP contribution in [-0.2, 0) is 0 Å². The molecule has 5 N–H and O–H groups in total. The summed E-state index contributed by atoms with van der Waals surface area (Å²) in [6, 6.07) is 5.76. The van der Waals surface area contributed by atoms with E-state index in [1.807, 2.05) is 0 Å². The van der Waals surface area contributed by atoms with Crippen molar-refractivity contribution in [3.05, 3.63) is 58.1 Å². The molecule has 2 rings (SSSR count). The van der Waals surface area contributed by atoms with E-state index in [1.54, 1.807) is 30.6 Å². The minimum Gasteiger partial charge on any atom is -0.398 e. The Balaban J connectivity index is 2.52. The number of halogens is 2. The molecule has 1 atom stereocenters. The van der Waals surface area contributed by atoms with Gasteiger partial charge in [-0.05, 0) is 24.3 Å². The summed E-state index contributed by atoms with van der Waals surface area (Å²) < 4.78 is 14.6. The highest BCUT2D eigenvalue weighted by Gasteiger charge is 2.19. The number of nitrogens with zero attached hydrogens (tertiary/aromatic N) is 1. The van der Waals surface area contributed by atoms with E-state index >= 15 is 0 Å². The summed E-state index contributed by atoms with van der Waals surface area (Å²) in [5.74, 6) is 5.15. The number of hydrogen-bond acceptors (Lipinski definition) is 4. The van der Waals surface area contributed by atoms with Crippen LogP contribution in [0.2, 0.25) is 0 Å². The van der Waals surface area contributed by atoms with Crippen molar-refractivity contribution in [3.8, 4) is 0 Å². The highest BCUT2D eigenvalue weighted by molar-refractivity contribution is 9.10. The molecule has 0 aliphatic carbocycles. The minimum atomic E-state index is -0.545. The zero-order chi connectivity index (χ0) is 13.1. The Kier molecular flexibility index (Phi) is 3.90. The molecule has 0 fully saturated rings. The molecule has 0 aliphatic rings. The molecule has 0 spiro atoms. The van der Waals surface area contributed by atoms with E-state index in [9.17, 15) is 4.39 Å². The topological polar surface area (TPSA) is 77.0 Å². The van der Waals surface area contributed by atoms with Crippen LogP contribution in [0.3, 0.4) is 0 Å². The van der Waals surface area contributed by atoms with Gasteiger partial charge in [-0.25, -0.2) is 9.82 Å². The maximum absolute atomic E-state index is 13.8. The van der Waals surface area contributed by atoms with E-state index in [4.69, 9.17) is 11.6 Å². The summed E-state index contributed by atoms with van der Waals surface area (Å²) in [7, 11) is 0. The average Bonchev–Trinajstić information content (AvgIpc) is 2.36. The highest BCUT2D eigenvalue weighted by atomic mass is 79.9. The summed E-state index contributed by atoms with van der Waals surface area (Å²) in [5, 5.41) is 0. The maximum Gasteiger partial charge on any atom is 0.128 e. The van der Waals surface area contributed by atoms with Crippen molar-refractivity contribution in [1.29, 1.82) is 0 Å². The second-order valence-corrected chi connectivity index (χ2v) is 4.69. The Hall–Kier alpha value is -1.50. The van der Waals surface area contributed by atoms with Gasteiger partial charge < -0.3 is 5.73 Å². The summed E-state index contributed by atoms with van der Waals surface area (Å²) >= 11 is 3.30. The third-order valence-electron chi connectivity index (χ3n) is 2.63. The molecule has 0 bridgehead atoms. The number of nitrogens with two attached hydrogens (primary N) is 2. The Morgan fingerprint density at radius 2 is 2.06 bits per heavy atom. The van der Waals surface area contributed by atoms with E-state index in [0.29, 0.717) is 16.8 Å². The summed E-state index contributed by atoms with van der Waals surface area (Å²) in [4.78, 5) is 3.98. The van der Waals surface area contributed by atoms with Gasteiger partial charge in [0.1, 0.15) is 5.82 Å². The molecule has 0 radical (unpaired) electrons. The van der Waals surface area contributed by atoms with E-state index in [0.717, 1.165) is 4.47 Å². The monoisotopic (exact) mass is 310 g/mol. The lowest BCUT2D eigenvalue weighted by Crippen LogP contribution is -2.30. The third kappa shape index (κ3) is 2.50. The first-order valence-corrected chi connectivity index (χ1v) is 6.03.